The minimum absolute atomic E-state index is 0. The number of benzene rings is 1. The van der Waals surface area contributed by atoms with Gasteiger partial charge in [-0.05, 0) is 44.0 Å². The van der Waals surface area contributed by atoms with Crippen molar-refractivity contribution in [2.75, 3.05) is 52.4 Å². The molecule has 2 heterocycles. The van der Waals surface area contributed by atoms with Gasteiger partial charge in [-0.25, -0.2) is 0 Å². The van der Waals surface area contributed by atoms with Crippen LogP contribution in [0.15, 0.2) is 30.3 Å². The Bertz CT molecular complexity index is 505. The molecule has 0 aromatic heterocycles. The van der Waals surface area contributed by atoms with Gasteiger partial charge < -0.3 is 15.0 Å². The smallest absolute Gasteiger partial charge is 0.222 e. The normalized spacial score (nSPS) is 20.2. The molecule has 148 valence electrons. The van der Waals surface area contributed by atoms with Crippen molar-refractivity contribution in [1.29, 1.82) is 0 Å². The predicted octanol–water partition coefficient (Wildman–Crippen LogP) is 2.44. The van der Waals surface area contributed by atoms with E-state index in [1.165, 1.54) is 6.42 Å². The van der Waals surface area contributed by atoms with E-state index >= 15 is 0 Å². The zero-order chi connectivity index (χ0) is 16.6. The van der Waals surface area contributed by atoms with Crippen LogP contribution in [0.3, 0.4) is 0 Å². The number of hydrogen-bond donors (Lipinski definition) is 1. The number of carbonyl (C=O) groups is 1. The first-order chi connectivity index (χ1) is 11.8. The lowest BCUT2D eigenvalue weighted by Crippen LogP contribution is -2.49. The van der Waals surface area contributed by atoms with E-state index < -0.39 is 0 Å². The van der Waals surface area contributed by atoms with Crippen LogP contribution in [0.4, 0.5) is 0 Å². The van der Waals surface area contributed by atoms with Gasteiger partial charge in [0.1, 0.15) is 12.4 Å². The van der Waals surface area contributed by atoms with Crippen LogP contribution in [0.1, 0.15) is 19.3 Å². The molecule has 2 fully saturated rings. The van der Waals surface area contributed by atoms with Crippen molar-refractivity contribution in [2.45, 2.75) is 19.3 Å². The van der Waals surface area contributed by atoms with E-state index in [0.29, 0.717) is 24.9 Å². The molecule has 2 aliphatic rings. The van der Waals surface area contributed by atoms with Crippen molar-refractivity contribution in [3.63, 3.8) is 0 Å². The standard InChI is InChI=1S/C19H29N3O2.2ClH/c23-19(7-6-17-8-9-20-16-17)22-12-10-21(11-13-22)14-15-24-18-4-2-1-3-5-18;;/h1-5,17,20H,6-16H2;2*1H. The molecule has 3 rings (SSSR count). The largest absolute Gasteiger partial charge is 0.492 e. The maximum atomic E-state index is 12.3. The quantitative estimate of drug-likeness (QED) is 0.759. The Labute approximate surface area is 169 Å². The van der Waals surface area contributed by atoms with Gasteiger partial charge in [0.25, 0.3) is 0 Å². The zero-order valence-corrected chi connectivity index (χ0v) is 16.9. The first-order valence-corrected chi connectivity index (χ1v) is 9.20. The van der Waals surface area contributed by atoms with Crippen LogP contribution in [0, 0.1) is 5.92 Å². The van der Waals surface area contributed by atoms with E-state index in [-0.39, 0.29) is 24.8 Å². The van der Waals surface area contributed by atoms with Crippen LogP contribution in [0.25, 0.3) is 0 Å². The van der Waals surface area contributed by atoms with Gasteiger partial charge in [0, 0.05) is 39.1 Å². The van der Waals surface area contributed by atoms with Crippen LogP contribution in [-0.2, 0) is 4.79 Å². The number of amides is 1. The highest BCUT2D eigenvalue weighted by Crippen LogP contribution is 2.16. The number of hydrogen-bond acceptors (Lipinski definition) is 4. The van der Waals surface area contributed by atoms with E-state index in [2.05, 4.69) is 10.2 Å². The van der Waals surface area contributed by atoms with Gasteiger partial charge in [-0.1, -0.05) is 18.2 Å². The zero-order valence-electron chi connectivity index (χ0n) is 15.3. The topological polar surface area (TPSA) is 44.8 Å². The highest BCUT2D eigenvalue weighted by atomic mass is 35.5. The molecule has 0 saturated carbocycles. The van der Waals surface area contributed by atoms with Crippen LogP contribution < -0.4 is 10.1 Å². The minimum atomic E-state index is 0. The third-order valence-electron chi connectivity index (χ3n) is 5.07. The Morgan fingerprint density at radius 3 is 2.50 bits per heavy atom. The molecule has 0 bridgehead atoms. The van der Waals surface area contributed by atoms with E-state index in [9.17, 15) is 4.79 Å². The van der Waals surface area contributed by atoms with Gasteiger partial charge in [0.2, 0.25) is 5.91 Å². The van der Waals surface area contributed by atoms with Crippen molar-refractivity contribution < 1.29 is 9.53 Å². The Morgan fingerprint density at radius 2 is 1.85 bits per heavy atom. The number of halogens is 2. The summed E-state index contributed by atoms with van der Waals surface area (Å²) in [5.41, 5.74) is 0. The molecule has 1 amide bonds. The fourth-order valence-electron chi connectivity index (χ4n) is 3.48. The monoisotopic (exact) mass is 403 g/mol. The highest BCUT2D eigenvalue weighted by molar-refractivity contribution is 5.85. The lowest BCUT2D eigenvalue weighted by molar-refractivity contribution is -0.133. The second-order valence-corrected chi connectivity index (χ2v) is 6.78. The van der Waals surface area contributed by atoms with Crippen LogP contribution in [-0.4, -0.2) is 68.1 Å². The van der Waals surface area contributed by atoms with Crippen LogP contribution in [0.5, 0.6) is 5.75 Å². The molecule has 1 aromatic rings. The second-order valence-electron chi connectivity index (χ2n) is 6.78. The number of para-hydroxylation sites is 1. The first-order valence-electron chi connectivity index (χ1n) is 9.20. The summed E-state index contributed by atoms with van der Waals surface area (Å²) >= 11 is 0. The van der Waals surface area contributed by atoms with Gasteiger partial charge in [-0.2, -0.15) is 0 Å². The van der Waals surface area contributed by atoms with Gasteiger partial charge in [-0.15, -0.1) is 24.8 Å². The van der Waals surface area contributed by atoms with Crippen LogP contribution >= 0.6 is 24.8 Å². The Hall–Kier alpha value is -1.01. The first kappa shape index (κ1) is 23.0. The van der Waals surface area contributed by atoms with E-state index in [0.717, 1.165) is 58.0 Å². The molecule has 1 aromatic carbocycles. The third kappa shape index (κ3) is 7.31. The molecule has 0 spiro atoms. The summed E-state index contributed by atoms with van der Waals surface area (Å²) in [4.78, 5) is 16.7. The average molecular weight is 404 g/mol. The molecule has 26 heavy (non-hydrogen) atoms. The fraction of sp³-hybridized carbons (Fsp3) is 0.632. The molecule has 5 nitrogen and oxygen atoms in total. The molecule has 0 radical (unpaired) electrons. The molecule has 1 atom stereocenters. The molecule has 1 unspecified atom stereocenters. The van der Waals surface area contributed by atoms with Crippen molar-refractivity contribution in [3.05, 3.63) is 30.3 Å². The molecule has 7 heteroatoms. The second kappa shape index (κ2) is 12.4. The maximum Gasteiger partial charge on any atom is 0.222 e. The SMILES string of the molecule is Cl.Cl.O=C(CCC1CCNC1)N1CCN(CCOc2ccccc2)CC1. The number of nitrogens with one attached hydrogen (secondary N) is 1. The summed E-state index contributed by atoms with van der Waals surface area (Å²) < 4.78 is 5.75. The van der Waals surface area contributed by atoms with Crippen molar-refractivity contribution in [2.24, 2.45) is 5.92 Å². The van der Waals surface area contributed by atoms with Gasteiger partial charge in [0.15, 0.2) is 0 Å². The molecular weight excluding hydrogens is 373 g/mol. The number of carbonyl (C=O) groups excluding carboxylic acids is 1. The number of rotatable bonds is 7. The van der Waals surface area contributed by atoms with Gasteiger partial charge >= 0.3 is 0 Å². The highest BCUT2D eigenvalue weighted by Gasteiger charge is 2.22. The lowest BCUT2D eigenvalue weighted by atomic mass is 10.0. The van der Waals surface area contributed by atoms with Gasteiger partial charge in [-0.3, -0.25) is 9.69 Å². The summed E-state index contributed by atoms with van der Waals surface area (Å²) in [5.74, 6) is 1.96. The number of ether oxygens (including phenoxy) is 1. The Balaban J connectivity index is 0.00000169. The lowest BCUT2D eigenvalue weighted by Gasteiger charge is -2.34. The van der Waals surface area contributed by atoms with Crippen molar-refractivity contribution in [1.82, 2.24) is 15.1 Å². The van der Waals surface area contributed by atoms with E-state index in [1.807, 2.05) is 35.2 Å². The summed E-state index contributed by atoms with van der Waals surface area (Å²) in [5, 5.41) is 3.37. The van der Waals surface area contributed by atoms with Gasteiger partial charge in [0.05, 0.1) is 0 Å². The summed E-state index contributed by atoms with van der Waals surface area (Å²) in [7, 11) is 0. The summed E-state index contributed by atoms with van der Waals surface area (Å²) in [6.07, 6.45) is 2.98. The fourth-order valence-corrected chi connectivity index (χ4v) is 3.48. The summed E-state index contributed by atoms with van der Waals surface area (Å²) in [6, 6.07) is 9.93. The average Bonchev–Trinajstić information content (AvgIpc) is 3.15. The van der Waals surface area contributed by atoms with Crippen molar-refractivity contribution >= 4 is 30.7 Å². The Morgan fingerprint density at radius 1 is 1.12 bits per heavy atom. The molecule has 2 saturated heterocycles. The van der Waals surface area contributed by atoms with E-state index in [4.69, 9.17) is 4.74 Å². The number of nitrogens with zero attached hydrogens (tertiary/aromatic N) is 2. The third-order valence-corrected chi connectivity index (χ3v) is 5.07. The van der Waals surface area contributed by atoms with Crippen molar-refractivity contribution in [3.8, 4) is 5.75 Å². The molecule has 2 aliphatic heterocycles. The predicted molar refractivity (Wildman–Crippen MR) is 110 cm³/mol. The molecule has 1 N–H and O–H groups in total. The Kier molecular flexibility index (Phi) is 11.0. The molecule has 0 aliphatic carbocycles. The molecular formula is C19H31Cl2N3O2. The van der Waals surface area contributed by atoms with E-state index in [1.54, 1.807) is 0 Å². The minimum Gasteiger partial charge on any atom is -0.492 e. The van der Waals surface area contributed by atoms with Crippen LogP contribution in [0.2, 0.25) is 0 Å². The summed E-state index contributed by atoms with van der Waals surface area (Å²) in [6.45, 7) is 7.44. The maximum absolute atomic E-state index is 12.3. The number of piperazine rings is 1.